The van der Waals surface area contributed by atoms with E-state index in [1.807, 2.05) is 0 Å². The maximum absolute atomic E-state index is 5.97. The average molecular weight is 324 g/mol. The molecule has 0 atom stereocenters. The molecule has 0 radical (unpaired) electrons. The Kier molecular flexibility index (Phi) is 4.51. The minimum Gasteiger partial charge on any atom is -0.486 e. The second kappa shape index (κ2) is 5.93. The smallest absolute Gasteiger partial charge is 0.147 e. The Morgan fingerprint density at radius 2 is 1.61 bits per heavy atom. The highest BCUT2D eigenvalue weighted by Crippen LogP contribution is 2.34. The number of aromatic nitrogens is 2. The van der Waals surface area contributed by atoms with Crippen LogP contribution in [-0.2, 0) is 6.61 Å². The van der Waals surface area contributed by atoms with Gasteiger partial charge in [-0.05, 0) is 6.07 Å². The van der Waals surface area contributed by atoms with E-state index >= 15 is 0 Å². The summed E-state index contributed by atoms with van der Waals surface area (Å²) < 4.78 is 5.48. The Balaban J connectivity index is 2.10. The summed E-state index contributed by atoms with van der Waals surface area (Å²) in [4.78, 5) is 7.93. The second-order valence-electron chi connectivity index (χ2n) is 3.32. The fraction of sp³-hybridized carbons (Fsp3) is 0.0909. The Morgan fingerprint density at radius 3 is 2.28 bits per heavy atom. The van der Waals surface area contributed by atoms with Crippen LogP contribution in [0, 0.1) is 0 Å². The van der Waals surface area contributed by atoms with Crippen molar-refractivity contribution in [3.8, 4) is 5.75 Å². The van der Waals surface area contributed by atoms with Gasteiger partial charge in [0.15, 0.2) is 0 Å². The van der Waals surface area contributed by atoms with E-state index in [2.05, 4.69) is 9.97 Å². The van der Waals surface area contributed by atoms with Gasteiger partial charge in [0.05, 0.1) is 33.2 Å². The van der Waals surface area contributed by atoms with Gasteiger partial charge in [0.25, 0.3) is 0 Å². The molecule has 0 spiro atoms. The number of hydrogen-bond acceptors (Lipinski definition) is 3. The van der Waals surface area contributed by atoms with Crippen LogP contribution >= 0.6 is 46.4 Å². The van der Waals surface area contributed by atoms with Crippen molar-refractivity contribution in [2.75, 3.05) is 0 Å². The van der Waals surface area contributed by atoms with Crippen LogP contribution in [0.15, 0.2) is 24.5 Å². The molecule has 3 nitrogen and oxygen atoms in total. The molecule has 2 aromatic rings. The number of ether oxygens (including phenoxy) is 1. The lowest BCUT2D eigenvalue weighted by molar-refractivity contribution is 0.301. The van der Waals surface area contributed by atoms with E-state index in [0.717, 1.165) is 0 Å². The van der Waals surface area contributed by atoms with E-state index < -0.39 is 0 Å². The molecular weight excluding hydrogens is 318 g/mol. The van der Waals surface area contributed by atoms with Crippen LogP contribution in [0.3, 0.4) is 0 Å². The summed E-state index contributed by atoms with van der Waals surface area (Å²) in [6, 6.07) is 3.07. The van der Waals surface area contributed by atoms with Gasteiger partial charge < -0.3 is 4.74 Å². The van der Waals surface area contributed by atoms with Crippen LogP contribution in [-0.4, -0.2) is 9.97 Å². The third-order valence-electron chi connectivity index (χ3n) is 2.02. The first-order chi connectivity index (χ1) is 8.56. The summed E-state index contributed by atoms with van der Waals surface area (Å²) in [7, 11) is 0. The summed E-state index contributed by atoms with van der Waals surface area (Å²) in [5.74, 6) is 0.433. The first kappa shape index (κ1) is 13.7. The van der Waals surface area contributed by atoms with Crippen LogP contribution in [0.2, 0.25) is 20.2 Å². The maximum Gasteiger partial charge on any atom is 0.147 e. The lowest BCUT2D eigenvalue weighted by Crippen LogP contribution is -1.99. The predicted molar refractivity (Wildman–Crippen MR) is 72.8 cm³/mol. The quantitative estimate of drug-likeness (QED) is 0.770. The normalized spacial score (nSPS) is 10.4. The van der Waals surface area contributed by atoms with Crippen molar-refractivity contribution in [3.05, 3.63) is 50.4 Å². The minimum atomic E-state index is 0.210. The van der Waals surface area contributed by atoms with Crippen molar-refractivity contribution < 1.29 is 4.74 Å². The van der Waals surface area contributed by atoms with Gasteiger partial charge in [0.1, 0.15) is 17.5 Å². The summed E-state index contributed by atoms with van der Waals surface area (Å²) in [6.45, 7) is 0.210. The molecule has 1 aromatic carbocycles. The second-order valence-corrected chi connectivity index (χ2v) is 4.92. The number of nitrogens with zero attached hydrogens (tertiary/aromatic N) is 2. The van der Waals surface area contributed by atoms with Crippen molar-refractivity contribution in [2.24, 2.45) is 0 Å². The van der Waals surface area contributed by atoms with Crippen LogP contribution in [0.25, 0.3) is 0 Å². The summed E-state index contributed by atoms with van der Waals surface area (Å²) in [5, 5.41) is 1.45. The highest BCUT2D eigenvalue weighted by atomic mass is 35.5. The fourth-order valence-electron chi connectivity index (χ4n) is 1.18. The molecule has 0 bridgehead atoms. The summed E-state index contributed by atoms with van der Waals surface area (Å²) in [6.07, 6.45) is 2.96. The highest BCUT2D eigenvalue weighted by Gasteiger charge is 2.07. The maximum atomic E-state index is 5.97. The van der Waals surface area contributed by atoms with E-state index in [-0.39, 0.29) is 6.61 Å². The Bertz CT molecular complexity index is 560. The zero-order valence-electron chi connectivity index (χ0n) is 8.83. The topological polar surface area (TPSA) is 35.0 Å². The first-order valence-electron chi connectivity index (χ1n) is 4.80. The molecule has 0 N–H and O–H groups in total. The molecule has 0 aliphatic carbocycles. The zero-order valence-corrected chi connectivity index (χ0v) is 11.9. The van der Waals surface area contributed by atoms with Gasteiger partial charge in [-0.2, -0.15) is 0 Å². The van der Waals surface area contributed by atoms with Gasteiger partial charge >= 0.3 is 0 Å². The van der Waals surface area contributed by atoms with Crippen molar-refractivity contribution in [3.63, 3.8) is 0 Å². The number of halogens is 4. The molecule has 18 heavy (non-hydrogen) atoms. The Labute approximate surface area is 124 Å². The molecule has 0 aliphatic heterocycles. The third-order valence-corrected chi connectivity index (χ3v) is 3.24. The highest BCUT2D eigenvalue weighted by molar-refractivity contribution is 6.43. The fourth-order valence-corrected chi connectivity index (χ4v) is 1.87. The monoisotopic (exact) mass is 322 g/mol. The van der Waals surface area contributed by atoms with Gasteiger partial charge in [0.2, 0.25) is 0 Å². The summed E-state index contributed by atoms with van der Waals surface area (Å²) in [5.41, 5.74) is 0.626. The van der Waals surface area contributed by atoms with Crippen LogP contribution in [0.5, 0.6) is 5.75 Å². The van der Waals surface area contributed by atoms with E-state index in [9.17, 15) is 0 Å². The van der Waals surface area contributed by atoms with Crippen molar-refractivity contribution in [2.45, 2.75) is 6.61 Å². The largest absolute Gasteiger partial charge is 0.486 e. The molecule has 0 saturated carbocycles. The number of benzene rings is 1. The van der Waals surface area contributed by atoms with E-state index in [1.54, 1.807) is 6.07 Å². The lowest BCUT2D eigenvalue weighted by atomic mass is 10.3. The molecule has 0 unspecified atom stereocenters. The molecule has 0 amide bonds. The lowest BCUT2D eigenvalue weighted by Gasteiger charge is -2.08. The number of rotatable bonds is 3. The van der Waals surface area contributed by atoms with Crippen molar-refractivity contribution in [1.82, 2.24) is 9.97 Å². The summed E-state index contributed by atoms with van der Waals surface area (Å²) >= 11 is 23.3. The SMILES string of the molecule is Clc1cnc(COc2cc(Cl)c(Cl)cc2Cl)cn1. The molecular formula is C11H6Cl4N2O. The zero-order chi connectivity index (χ0) is 13.1. The number of hydrogen-bond donors (Lipinski definition) is 0. The minimum absolute atomic E-state index is 0.210. The molecule has 0 fully saturated rings. The van der Waals surface area contributed by atoms with Crippen LogP contribution in [0.1, 0.15) is 5.69 Å². The van der Waals surface area contributed by atoms with E-state index in [0.29, 0.717) is 31.7 Å². The Morgan fingerprint density at radius 1 is 0.889 bits per heavy atom. The molecule has 1 heterocycles. The van der Waals surface area contributed by atoms with Gasteiger partial charge in [-0.3, -0.25) is 4.98 Å². The Hall–Kier alpha value is -0.740. The molecule has 2 rings (SSSR count). The standard InChI is InChI=1S/C11H6Cl4N2O/c12-7-1-9(14)10(2-8(7)13)18-5-6-3-17-11(15)4-16-6/h1-4H,5H2. The van der Waals surface area contributed by atoms with Gasteiger partial charge in [0, 0.05) is 6.07 Å². The first-order valence-corrected chi connectivity index (χ1v) is 6.31. The molecule has 7 heteroatoms. The molecule has 0 saturated heterocycles. The third kappa shape index (κ3) is 3.39. The van der Waals surface area contributed by atoms with Crippen molar-refractivity contribution >= 4 is 46.4 Å². The molecule has 94 valence electrons. The van der Waals surface area contributed by atoms with Crippen molar-refractivity contribution in [1.29, 1.82) is 0 Å². The van der Waals surface area contributed by atoms with E-state index in [4.69, 9.17) is 51.1 Å². The van der Waals surface area contributed by atoms with Gasteiger partial charge in [-0.1, -0.05) is 46.4 Å². The molecule has 1 aromatic heterocycles. The predicted octanol–water partition coefficient (Wildman–Crippen LogP) is 4.67. The van der Waals surface area contributed by atoms with E-state index in [1.165, 1.54) is 18.5 Å². The van der Waals surface area contributed by atoms with Gasteiger partial charge in [-0.15, -0.1) is 0 Å². The van der Waals surface area contributed by atoms with Crippen LogP contribution < -0.4 is 4.74 Å². The average Bonchev–Trinajstić information content (AvgIpc) is 2.34. The molecule has 0 aliphatic rings. The van der Waals surface area contributed by atoms with Gasteiger partial charge in [-0.25, -0.2) is 4.98 Å². The van der Waals surface area contributed by atoms with Crippen LogP contribution in [0.4, 0.5) is 0 Å².